The molecule has 0 fully saturated rings. The first kappa shape index (κ1) is 9.27. The number of halogens is 2. The van der Waals surface area contributed by atoms with Gasteiger partial charge in [-0.25, -0.2) is 0 Å². The van der Waals surface area contributed by atoms with Crippen molar-refractivity contribution < 1.29 is 0 Å². The second-order valence-corrected chi connectivity index (χ2v) is 5.72. The monoisotopic (exact) mass is 276 g/mol. The molecule has 0 saturated carbocycles. The summed E-state index contributed by atoms with van der Waals surface area (Å²) in [4.78, 5) is 0. The van der Waals surface area contributed by atoms with Gasteiger partial charge in [0.15, 0.2) is 0 Å². The highest BCUT2D eigenvalue weighted by Gasteiger charge is 2.04. The third kappa shape index (κ3) is 2.31. The fourth-order valence-corrected chi connectivity index (χ4v) is 1.98. The van der Waals surface area contributed by atoms with Gasteiger partial charge in [-0.2, -0.15) is 0 Å². The van der Waals surface area contributed by atoms with E-state index in [2.05, 4.69) is 63.9 Å². The molecular weight excluding hydrogens is 268 g/mol. The molecule has 0 heterocycles. The summed E-state index contributed by atoms with van der Waals surface area (Å²) < 4.78 is 0.273. The van der Waals surface area contributed by atoms with Crippen LogP contribution in [0.5, 0.6) is 0 Å². The largest absolute Gasteiger partial charge is 0.0949 e. The van der Waals surface area contributed by atoms with E-state index < -0.39 is 0 Å². The van der Waals surface area contributed by atoms with Gasteiger partial charge in [0.2, 0.25) is 0 Å². The zero-order valence-corrected chi connectivity index (χ0v) is 9.74. The number of alkyl halides is 2. The van der Waals surface area contributed by atoms with E-state index >= 15 is 0 Å². The molecule has 1 aromatic rings. The van der Waals surface area contributed by atoms with E-state index in [1.54, 1.807) is 0 Å². The van der Waals surface area contributed by atoms with Crippen molar-refractivity contribution in [2.75, 3.05) is 0 Å². The van der Waals surface area contributed by atoms with Crippen LogP contribution in [0.2, 0.25) is 0 Å². The third-order valence-corrected chi connectivity index (χ3v) is 2.66. The van der Waals surface area contributed by atoms with Gasteiger partial charge in [-0.1, -0.05) is 55.6 Å². The van der Waals surface area contributed by atoms with Gasteiger partial charge in [0.05, 0.1) is 3.74 Å². The molecule has 0 radical (unpaired) electrons. The molecule has 0 amide bonds. The summed E-state index contributed by atoms with van der Waals surface area (Å²) in [6, 6.07) is 6.45. The Morgan fingerprint density at radius 3 is 2.27 bits per heavy atom. The molecule has 0 saturated heterocycles. The fourth-order valence-electron chi connectivity index (χ4n) is 0.995. The molecule has 0 aromatic heterocycles. The third-order valence-electron chi connectivity index (χ3n) is 1.67. The molecule has 0 atom stereocenters. The van der Waals surface area contributed by atoms with Crippen molar-refractivity contribution in [2.45, 2.75) is 17.6 Å². The topological polar surface area (TPSA) is 0 Å². The van der Waals surface area contributed by atoms with E-state index in [0.29, 0.717) is 0 Å². The van der Waals surface area contributed by atoms with Gasteiger partial charge >= 0.3 is 0 Å². The zero-order chi connectivity index (χ0) is 8.43. The quantitative estimate of drug-likeness (QED) is 0.679. The van der Waals surface area contributed by atoms with Gasteiger partial charge in [0.25, 0.3) is 0 Å². The minimum atomic E-state index is 0.273. The van der Waals surface area contributed by atoms with Crippen molar-refractivity contribution in [1.82, 2.24) is 0 Å². The number of hydrogen-bond donors (Lipinski definition) is 0. The van der Waals surface area contributed by atoms with Crippen LogP contribution in [0.1, 0.15) is 20.4 Å². The summed E-state index contributed by atoms with van der Waals surface area (Å²) in [6.07, 6.45) is 0. The van der Waals surface area contributed by atoms with Crippen molar-refractivity contribution >= 4 is 31.9 Å². The molecule has 1 rings (SSSR count). The molecule has 0 N–H and O–H groups in total. The summed E-state index contributed by atoms with van der Waals surface area (Å²) in [7, 11) is 0. The predicted octanol–water partition coefficient (Wildman–Crippen LogP) is 4.09. The molecule has 0 bridgehead atoms. The van der Waals surface area contributed by atoms with E-state index in [1.807, 2.05) is 0 Å². The van der Waals surface area contributed by atoms with Gasteiger partial charge < -0.3 is 0 Å². The molecule has 0 aliphatic rings. The molecule has 60 valence electrons. The van der Waals surface area contributed by atoms with Crippen LogP contribution in [-0.4, -0.2) is 0 Å². The molecule has 0 aliphatic carbocycles. The lowest BCUT2D eigenvalue weighted by molar-refractivity contribution is 1.28. The summed E-state index contributed by atoms with van der Waals surface area (Å²) >= 11 is 6.97. The van der Waals surface area contributed by atoms with Gasteiger partial charge in [-0.05, 0) is 25.0 Å². The molecule has 11 heavy (non-hydrogen) atoms. The van der Waals surface area contributed by atoms with Crippen molar-refractivity contribution in [2.24, 2.45) is 0 Å². The van der Waals surface area contributed by atoms with Crippen LogP contribution in [0.4, 0.5) is 0 Å². The lowest BCUT2D eigenvalue weighted by Gasteiger charge is -2.07. The zero-order valence-electron chi connectivity index (χ0n) is 6.57. The van der Waals surface area contributed by atoms with E-state index in [1.165, 1.54) is 16.7 Å². The number of hydrogen-bond acceptors (Lipinski definition) is 0. The van der Waals surface area contributed by atoms with Gasteiger partial charge in [0, 0.05) is 0 Å². The Morgan fingerprint density at radius 2 is 1.82 bits per heavy atom. The van der Waals surface area contributed by atoms with Crippen molar-refractivity contribution in [3.05, 3.63) is 34.9 Å². The maximum atomic E-state index is 3.48. The Bertz CT molecular complexity index is 254. The molecule has 0 aliphatic heterocycles. The van der Waals surface area contributed by atoms with E-state index in [-0.39, 0.29) is 3.74 Å². The van der Waals surface area contributed by atoms with Crippen LogP contribution in [0.25, 0.3) is 0 Å². The summed E-state index contributed by atoms with van der Waals surface area (Å²) in [5.74, 6) is 0. The first-order valence-corrected chi connectivity index (χ1v) is 5.29. The average Bonchev–Trinajstić information content (AvgIpc) is 1.94. The Labute approximate surface area is 84.3 Å². The Morgan fingerprint density at radius 1 is 1.18 bits per heavy atom. The van der Waals surface area contributed by atoms with E-state index in [9.17, 15) is 0 Å². The van der Waals surface area contributed by atoms with Crippen molar-refractivity contribution in [3.8, 4) is 0 Å². The highest BCUT2D eigenvalue weighted by atomic mass is 79.9. The first-order valence-electron chi connectivity index (χ1n) is 3.46. The van der Waals surface area contributed by atoms with Crippen LogP contribution < -0.4 is 0 Å². The number of rotatable bonds is 1. The van der Waals surface area contributed by atoms with Crippen molar-refractivity contribution in [3.63, 3.8) is 0 Å². The number of benzene rings is 1. The Kier molecular flexibility index (Phi) is 3.14. The average molecular weight is 278 g/mol. The lowest BCUT2D eigenvalue weighted by atomic mass is 10.1. The highest BCUT2D eigenvalue weighted by molar-refractivity contribution is 9.24. The van der Waals surface area contributed by atoms with E-state index in [0.717, 1.165) is 0 Å². The van der Waals surface area contributed by atoms with Gasteiger partial charge in [-0.15, -0.1) is 0 Å². The molecule has 1 aromatic carbocycles. The first-order chi connectivity index (χ1) is 5.11. The second kappa shape index (κ2) is 3.72. The van der Waals surface area contributed by atoms with E-state index in [4.69, 9.17) is 0 Å². The summed E-state index contributed by atoms with van der Waals surface area (Å²) in [5, 5.41) is 0. The molecular formula is C9H10Br2. The standard InChI is InChI=1S/C9H10Br2/c1-6-3-4-7(2)8(5-6)9(10)11/h3-5,9H,1-2H3. The van der Waals surface area contributed by atoms with Crippen LogP contribution in [-0.2, 0) is 0 Å². The Hall–Kier alpha value is 0.180. The molecule has 0 nitrogen and oxygen atoms in total. The van der Waals surface area contributed by atoms with Gasteiger partial charge in [0.1, 0.15) is 0 Å². The minimum absolute atomic E-state index is 0.273. The van der Waals surface area contributed by atoms with Gasteiger partial charge in [-0.3, -0.25) is 0 Å². The smallest absolute Gasteiger partial charge is 0.0712 e. The minimum Gasteiger partial charge on any atom is -0.0712 e. The number of aryl methyl sites for hydroxylation is 2. The van der Waals surface area contributed by atoms with Crippen LogP contribution in [0.15, 0.2) is 18.2 Å². The maximum Gasteiger partial charge on any atom is 0.0949 e. The molecule has 0 unspecified atom stereocenters. The molecule has 2 heteroatoms. The van der Waals surface area contributed by atoms with Crippen molar-refractivity contribution in [1.29, 1.82) is 0 Å². The van der Waals surface area contributed by atoms with Crippen LogP contribution >= 0.6 is 31.9 Å². The second-order valence-electron chi connectivity index (χ2n) is 2.66. The summed E-state index contributed by atoms with van der Waals surface area (Å²) in [6.45, 7) is 4.22. The maximum absolute atomic E-state index is 3.48. The highest BCUT2D eigenvalue weighted by Crippen LogP contribution is 2.31. The SMILES string of the molecule is Cc1ccc(C)c(C(Br)Br)c1. The Balaban J connectivity index is 3.13. The molecule has 0 spiro atoms. The lowest BCUT2D eigenvalue weighted by Crippen LogP contribution is -1.87. The van der Waals surface area contributed by atoms with Crippen LogP contribution in [0, 0.1) is 13.8 Å². The summed E-state index contributed by atoms with van der Waals surface area (Å²) in [5.41, 5.74) is 3.92. The van der Waals surface area contributed by atoms with Crippen LogP contribution in [0.3, 0.4) is 0 Å². The normalized spacial score (nSPS) is 10.6. The fraction of sp³-hybridized carbons (Fsp3) is 0.333. The predicted molar refractivity (Wildman–Crippen MR) is 56.5 cm³/mol.